The molecule has 1 aliphatic carbocycles. The zero-order valence-corrected chi connectivity index (χ0v) is 21.4. The van der Waals surface area contributed by atoms with Gasteiger partial charge in [0.1, 0.15) is 23.4 Å². The van der Waals surface area contributed by atoms with Gasteiger partial charge in [0.25, 0.3) is 5.88 Å². The summed E-state index contributed by atoms with van der Waals surface area (Å²) in [5.41, 5.74) is 1.13. The zero-order valence-electron chi connectivity index (χ0n) is 20.7. The van der Waals surface area contributed by atoms with E-state index in [4.69, 9.17) is 25.8 Å². The predicted molar refractivity (Wildman–Crippen MR) is 137 cm³/mol. The fourth-order valence-corrected chi connectivity index (χ4v) is 4.52. The molecule has 0 bridgehead atoms. The Balaban J connectivity index is 1.31. The van der Waals surface area contributed by atoms with E-state index >= 15 is 0 Å². The van der Waals surface area contributed by atoms with Gasteiger partial charge >= 0.3 is 0 Å². The SMILES string of the molecule is COc1cc2ncnc(Oc3ccc(CC(=O)C4(C(=O)Cc5ccc(F)cc5)CC4)c(Cl)c3)c2nc1OC. The quantitative estimate of drug-likeness (QED) is 0.251. The number of aromatic nitrogens is 3. The molecule has 38 heavy (non-hydrogen) atoms. The van der Waals surface area contributed by atoms with Crippen molar-refractivity contribution in [2.45, 2.75) is 25.7 Å². The molecule has 0 radical (unpaired) electrons. The number of rotatable bonds is 10. The summed E-state index contributed by atoms with van der Waals surface area (Å²) in [6.45, 7) is 0. The maximum absolute atomic E-state index is 13.2. The molecule has 2 heterocycles. The highest BCUT2D eigenvalue weighted by atomic mass is 35.5. The summed E-state index contributed by atoms with van der Waals surface area (Å²) in [4.78, 5) is 38.9. The molecule has 1 fully saturated rings. The molecule has 194 valence electrons. The Hall–Kier alpha value is -4.11. The van der Waals surface area contributed by atoms with Crippen molar-refractivity contribution in [1.29, 1.82) is 0 Å². The second-order valence-corrected chi connectivity index (χ2v) is 9.42. The first-order valence-corrected chi connectivity index (χ1v) is 12.2. The van der Waals surface area contributed by atoms with Crippen LogP contribution in [0.5, 0.6) is 23.3 Å². The lowest BCUT2D eigenvalue weighted by molar-refractivity contribution is -0.133. The second-order valence-electron chi connectivity index (χ2n) is 9.01. The molecule has 2 aromatic heterocycles. The number of carbonyl (C=O) groups is 2. The molecule has 0 N–H and O–H groups in total. The first-order valence-electron chi connectivity index (χ1n) is 11.8. The third-order valence-electron chi connectivity index (χ3n) is 6.61. The molecule has 10 heteroatoms. The van der Waals surface area contributed by atoms with E-state index < -0.39 is 5.41 Å². The summed E-state index contributed by atoms with van der Waals surface area (Å²) in [6.07, 6.45) is 2.46. The maximum atomic E-state index is 13.2. The van der Waals surface area contributed by atoms with Gasteiger partial charge in [0.05, 0.1) is 19.6 Å². The third kappa shape index (κ3) is 5.02. The van der Waals surface area contributed by atoms with Gasteiger partial charge in [-0.25, -0.2) is 14.4 Å². The number of fused-ring (bicyclic) bond motifs is 1. The summed E-state index contributed by atoms with van der Waals surface area (Å²) < 4.78 is 29.7. The Morgan fingerprint density at radius 2 is 1.68 bits per heavy atom. The maximum Gasteiger partial charge on any atom is 0.257 e. The number of halogens is 2. The van der Waals surface area contributed by atoms with Crippen LogP contribution in [0.25, 0.3) is 11.0 Å². The van der Waals surface area contributed by atoms with Gasteiger partial charge in [0, 0.05) is 23.9 Å². The van der Waals surface area contributed by atoms with Crippen molar-refractivity contribution < 1.29 is 28.2 Å². The van der Waals surface area contributed by atoms with Crippen molar-refractivity contribution in [3.8, 4) is 23.3 Å². The highest BCUT2D eigenvalue weighted by Crippen LogP contribution is 2.49. The number of pyridine rings is 1. The van der Waals surface area contributed by atoms with Gasteiger partial charge in [-0.05, 0) is 48.2 Å². The first kappa shape index (κ1) is 25.5. The number of carbonyl (C=O) groups excluding carboxylic acids is 2. The average molecular weight is 536 g/mol. The molecule has 1 aliphatic rings. The van der Waals surface area contributed by atoms with E-state index in [9.17, 15) is 14.0 Å². The van der Waals surface area contributed by atoms with E-state index in [1.807, 2.05) is 0 Å². The zero-order chi connectivity index (χ0) is 26.9. The molecule has 0 saturated heterocycles. The van der Waals surface area contributed by atoms with Crippen molar-refractivity contribution >= 4 is 34.2 Å². The topological polar surface area (TPSA) is 101 Å². The van der Waals surface area contributed by atoms with Gasteiger partial charge in [-0.2, -0.15) is 4.98 Å². The van der Waals surface area contributed by atoms with Crippen LogP contribution in [0, 0.1) is 11.2 Å². The van der Waals surface area contributed by atoms with Gasteiger partial charge < -0.3 is 14.2 Å². The number of nitrogens with zero attached hydrogens (tertiary/aromatic N) is 3. The van der Waals surface area contributed by atoms with Crippen molar-refractivity contribution in [2.24, 2.45) is 5.41 Å². The van der Waals surface area contributed by atoms with Gasteiger partial charge in [-0.15, -0.1) is 0 Å². The van der Waals surface area contributed by atoms with Crippen LogP contribution >= 0.6 is 11.6 Å². The number of hydrogen-bond donors (Lipinski definition) is 0. The lowest BCUT2D eigenvalue weighted by Gasteiger charge is -2.14. The minimum Gasteiger partial charge on any atom is -0.491 e. The first-order chi connectivity index (χ1) is 18.3. The van der Waals surface area contributed by atoms with Crippen LogP contribution in [-0.2, 0) is 22.4 Å². The molecule has 0 spiro atoms. The van der Waals surface area contributed by atoms with E-state index in [1.54, 1.807) is 36.4 Å². The Labute approximate surface area is 222 Å². The van der Waals surface area contributed by atoms with Crippen LogP contribution in [-0.4, -0.2) is 40.7 Å². The van der Waals surface area contributed by atoms with E-state index in [0.717, 1.165) is 0 Å². The van der Waals surface area contributed by atoms with E-state index in [1.165, 1.54) is 32.7 Å². The van der Waals surface area contributed by atoms with Crippen LogP contribution in [0.2, 0.25) is 5.02 Å². The number of hydrogen-bond acceptors (Lipinski definition) is 8. The Morgan fingerprint density at radius 1 is 0.947 bits per heavy atom. The molecule has 0 aliphatic heterocycles. The normalized spacial score (nSPS) is 13.7. The molecule has 0 unspecified atom stereocenters. The molecular formula is C28H23ClFN3O5. The van der Waals surface area contributed by atoms with Crippen LogP contribution < -0.4 is 14.2 Å². The number of ether oxygens (including phenoxy) is 3. The third-order valence-corrected chi connectivity index (χ3v) is 6.96. The number of Topliss-reactive ketones (excluding diaryl/α,β-unsaturated/α-hetero) is 2. The lowest BCUT2D eigenvalue weighted by atomic mass is 9.88. The fraction of sp³-hybridized carbons (Fsp3) is 0.250. The van der Waals surface area contributed by atoms with Gasteiger partial charge in [-0.3, -0.25) is 9.59 Å². The van der Waals surface area contributed by atoms with Gasteiger partial charge in [0.2, 0.25) is 5.88 Å². The molecule has 0 atom stereocenters. The van der Waals surface area contributed by atoms with Crippen molar-refractivity contribution in [3.63, 3.8) is 0 Å². The largest absolute Gasteiger partial charge is 0.491 e. The molecule has 8 nitrogen and oxygen atoms in total. The molecular weight excluding hydrogens is 513 g/mol. The smallest absolute Gasteiger partial charge is 0.257 e. The van der Waals surface area contributed by atoms with Crippen molar-refractivity contribution in [3.05, 3.63) is 76.8 Å². The monoisotopic (exact) mass is 535 g/mol. The molecule has 2 aromatic carbocycles. The minimum absolute atomic E-state index is 0.0171. The van der Waals surface area contributed by atoms with Crippen molar-refractivity contribution in [2.75, 3.05) is 14.2 Å². The van der Waals surface area contributed by atoms with E-state index in [-0.39, 0.29) is 42.0 Å². The van der Waals surface area contributed by atoms with Gasteiger partial charge in [0.15, 0.2) is 22.8 Å². The highest BCUT2D eigenvalue weighted by molar-refractivity contribution is 6.31. The number of methoxy groups -OCH3 is 2. The Bertz CT molecular complexity index is 1540. The van der Waals surface area contributed by atoms with Crippen LogP contribution in [0.15, 0.2) is 54.9 Å². The van der Waals surface area contributed by atoms with Crippen LogP contribution in [0.1, 0.15) is 24.0 Å². The summed E-state index contributed by atoms with van der Waals surface area (Å²) in [5.74, 6) is 0.563. The highest BCUT2D eigenvalue weighted by Gasteiger charge is 2.54. The van der Waals surface area contributed by atoms with Crippen LogP contribution in [0.4, 0.5) is 4.39 Å². The van der Waals surface area contributed by atoms with Gasteiger partial charge in [-0.1, -0.05) is 29.8 Å². The predicted octanol–water partition coefficient (Wildman–Crippen LogP) is 5.33. The lowest BCUT2D eigenvalue weighted by Crippen LogP contribution is -2.29. The number of benzene rings is 2. The standard InChI is InChI=1S/C28H23ClFN3O5/c1-36-22-14-21-25(33-26(22)37-2)27(32-15-31-21)38-19-8-5-17(20(29)13-19)12-24(35)28(9-10-28)23(34)11-16-3-6-18(30)7-4-16/h3-8,13-15H,9-12H2,1-2H3. The Morgan fingerprint density at radius 3 is 2.34 bits per heavy atom. The molecule has 4 aromatic rings. The summed E-state index contributed by atoms with van der Waals surface area (Å²) in [5, 5.41) is 0.322. The van der Waals surface area contributed by atoms with Crippen LogP contribution in [0.3, 0.4) is 0 Å². The minimum atomic E-state index is -1.00. The second kappa shape index (κ2) is 10.3. The van der Waals surface area contributed by atoms with Crippen molar-refractivity contribution in [1.82, 2.24) is 15.0 Å². The molecule has 1 saturated carbocycles. The number of ketones is 2. The molecule has 5 rings (SSSR count). The summed E-state index contributed by atoms with van der Waals surface area (Å²) in [6, 6.07) is 12.3. The fourth-order valence-electron chi connectivity index (χ4n) is 4.28. The van der Waals surface area contributed by atoms with E-state index in [0.29, 0.717) is 51.5 Å². The van der Waals surface area contributed by atoms with E-state index in [2.05, 4.69) is 15.0 Å². The Kier molecular flexibility index (Phi) is 6.94. The average Bonchev–Trinajstić information content (AvgIpc) is 3.73. The summed E-state index contributed by atoms with van der Waals surface area (Å²) in [7, 11) is 2.98. The summed E-state index contributed by atoms with van der Waals surface area (Å²) >= 11 is 6.50. The molecule has 0 amide bonds.